The standard InChI is InChI=1S/C13H24N4S/c1-4-7-14-12-11(15-16-18-12)10-17-8-5-13(2,3)6-9-17/h14H,4-10H2,1-3H3. The van der Waals surface area contributed by atoms with E-state index in [1.165, 1.54) is 37.5 Å². The highest BCUT2D eigenvalue weighted by Crippen LogP contribution is 2.31. The quantitative estimate of drug-likeness (QED) is 0.891. The maximum Gasteiger partial charge on any atom is 0.134 e. The Balaban J connectivity index is 1.88. The first-order chi connectivity index (χ1) is 8.61. The third kappa shape index (κ3) is 3.65. The first-order valence-corrected chi connectivity index (χ1v) is 7.65. The van der Waals surface area contributed by atoms with Crippen molar-refractivity contribution >= 4 is 16.5 Å². The van der Waals surface area contributed by atoms with E-state index >= 15 is 0 Å². The Morgan fingerprint density at radius 2 is 2.06 bits per heavy atom. The van der Waals surface area contributed by atoms with Crippen LogP contribution in [0.4, 0.5) is 5.00 Å². The molecule has 0 aromatic carbocycles. The van der Waals surface area contributed by atoms with Gasteiger partial charge in [0.2, 0.25) is 0 Å². The highest BCUT2D eigenvalue weighted by Gasteiger charge is 2.26. The van der Waals surface area contributed by atoms with Crippen molar-refractivity contribution in [3.8, 4) is 0 Å². The fourth-order valence-electron chi connectivity index (χ4n) is 2.21. The number of nitrogens with zero attached hydrogens (tertiary/aromatic N) is 3. The Hall–Kier alpha value is -0.680. The predicted octanol–water partition coefficient (Wildman–Crippen LogP) is 2.98. The second kappa shape index (κ2) is 5.97. The first kappa shape index (κ1) is 13.7. The molecule has 102 valence electrons. The van der Waals surface area contributed by atoms with Crippen LogP contribution in [0, 0.1) is 5.41 Å². The van der Waals surface area contributed by atoms with Gasteiger partial charge >= 0.3 is 0 Å². The zero-order valence-corrected chi connectivity index (χ0v) is 12.5. The van der Waals surface area contributed by atoms with Gasteiger partial charge in [-0.25, -0.2) is 0 Å². The minimum Gasteiger partial charge on any atom is -0.374 e. The van der Waals surface area contributed by atoms with Gasteiger partial charge in [0.05, 0.1) is 0 Å². The number of rotatable bonds is 5. The molecule has 2 rings (SSSR count). The lowest BCUT2D eigenvalue weighted by Gasteiger charge is -2.36. The summed E-state index contributed by atoms with van der Waals surface area (Å²) in [4.78, 5) is 2.50. The Bertz CT molecular complexity index is 365. The smallest absolute Gasteiger partial charge is 0.134 e. The van der Waals surface area contributed by atoms with Crippen molar-refractivity contribution in [1.82, 2.24) is 14.5 Å². The second-order valence-electron chi connectivity index (χ2n) is 5.92. The van der Waals surface area contributed by atoms with Gasteiger partial charge in [-0.1, -0.05) is 25.3 Å². The maximum atomic E-state index is 4.26. The molecule has 1 aromatic rings. The van der Waals surface area contributed by atoms with Crippen LogP contribution in [0.3, 0.4) is 0 Å². The van der Waals surface area contributed by atoms with E-state index in [-0.39, 0.29) is 0 Å². The topological polar surface area (TPSA) is 41.1 Å². The van der Waals surface area contributed by atoms with E-state index in [1.54, 1.807) is 0 Å². The zero-order valence-electron chi connectivity index (χ0n) is 11.7. The van der Waals surface area contributed by atoms with E-state index in [2.05, 4.69) is 40.6 Å². The molecule has 1 fully saturated rings. The third-order valence-corrected chi connectivity index (χ3v) is 4.40. The van der Waals surface area contributed by atoms with Gasteiger partial charge in [-0.2, -0.15) is 0 Å². The molecule has 1 aliphatic heterocycles. The zero-order chi connectivity index (χ0) is 13.0. The van der Waals surface area contributed by atoms with Crippen LogP contribution in [-0.2, 0) is 6.54 Å². The van der Waals surface area contributed by atoms with E-state index in [1.807, 2.05) is 0 Å². The minimum atomic E-state index is 0.514. The number of hydrogen-bond acceptors (Lipinski definition) is 5. The normalized spacial score (nSPS) is 19.9. The third-order valence-electron chi connectivity index (χ3n) is 3.67. The van der Waals surface area contributed by atoms with E-state index in [9.17, 15) is 0 Å². The van der Waals surface area contributed by atoms with Crippen molar-refractivity contribution in [2.45, 2.75) is 46.6 Å². The molecule has 0 atom stereocenters. The van der Waals surface area contributed by atoms with Crippen LogP contribution in [0.2, 0.25) is 0 Å². The Labute approximate surface area is 114 Å². The molecule has 0 radical (unpaired) electrons. The Morgan fingerprint density at radius 3 is 2.72 bits per heavy atom. The average Bonchev–Trinajstić information content (AvgIpc) is 2.77. The number of piperidine rings is 1. The van der Waals surface area contributed by atoms with E-state index in [4.69, 9.17) is 0 Å². The van der Waals surface area contributed by atoms with Crippen molar-refractivity contribution in [1.29, 1.82) is 0 Å². The number of nitrogens with one attached hydrogen (secondary N) is 1. The number of likely N-dealkylation sites (tertiary alicyclic amines) is 1. The monoisotopic (exact) mass is 268 g/mol. The van der Waals surface area contributed by atoms with Crippen LogP contribution >= 0.6 is 11.5 Å². The summed E-state index contributed by atoms with van der Waals surface area (Å²) in [5, 5.41) is 8.83. The molecular weight excluding hydrogens is 244 g/mol. The Morgan fingerprint density at radius 1 is 1.33 bits per heavy atom. The lowest BCUT2D eigenvalue weighted by atomic mass is 9.83. The van der Waals surface area contributed by atoms with Gasteiger partial charge in [0.25, 0.3) is 0 Å². The van der Waals surface area contributed by atoms with Crippen molar-refractivity contribution in [3.63, 3.8) is 0 Å². The molecule has 5 heteroatoms. The van der Waals surface area contributed by atoms with Crippen molar-refractivity contribution < 1.29 is 0 Å². The summed E-state index contributed by atoms with van der Waals surface area (Å²) in [6, 6.07) is 0. The van der Waals surface area contributed by atoms with Crippen molar-refractivity contribution in [2.24, 2.45) is 5.41 Å². The molecule has 1 aromatic heterocycles. The molecule has 0 aliphatic carbocycles. The number of aromatic nitrogens is 2. The molecule has 0 amide bonds. The molecule has 0 unspecified atom stereocenters. The van der Waals surface area contributed by atoms with E-state index in [0.29, 0.717) is 5.41 Å². The highest BCUT2D eigenvalue weighted by atomic mass is 32.1. The van der Waals surface area contributed by atoms with Gasteiger partial charge in [0.15, 0.2) is 0 Å². The molecule has 1 aliphatic rings. The largest absolute Gasteiger partial charge is 0.374 e. The van der Waals surface area contributed by atoms with E-state index < -0.39 is 0 Å². The second-order valence-corrected chi connectivity index (χ2v) is 6.67. The number of anilines is 1. The van der Waals surface area contributed by atoms with Crippen LogP contribution in [0.25, 0.3) is 0 Å². The molecule has 1 saturated heterocycles. The van der Waals surface area contributed by atoms with Gasteiger partial charge in [0.1, 0.15) is 10.7 Å². The van der Waals surface area contributed by atoms with Crippen LogP contribution in [0.1, 0.15) is 45.7 Å². The molecule has 2 heterocycles. The van der Waals surface area contributed by atoms with Gasteiger partial charge in [0, 0.05) is 24.6 Å². The summed E-state index contributed by atoms with van der Waals surface area (Å²) in [5.41, 5.74) is 1.63. The molecule has 0 spiro atoms. The summed E-state index contributed by atoms with van der Waals surface area (Å²) in [7, 11) is 0. The molecule has 4 nitrogen and oxygen atoms in total. The summed E-state index contributed by atoms with van der Waals surface area (Å²) in [6.07, 6.45) is 3.69. The van der Waals surface area contributed by atoms with E-state index in [0.717, 1.165) is 30.2 Å². The minimum absolute atomic E-state index is 0.514. The van der Waals surface area contributed by atoms with Gasteiger partial charge in [-0.05, 0) is 37.8 Å². The summed E-state index contributed by atoms with van der Waals surface area (Å²) < 4.78 is 4.07. The van der Waals surface area contributed by atoms with Gasteiger partial charge < -0.3 is 5.32 Å². The number of hydrogen-bond donors (Lipinski definition) is 1. The molecule has 1 N–H and O–H groups in total. The first-order valence-electron chi connectivity index (χ1n) is 6.88. The van der Waals surface area contributed by atoms with Crippen LogP contribution in [0.5, 0.6) is 0 Å². The van der Waals surface area contributed by atoms with Gasteiger partial charge in [-0.3, -0.25) is 4.90 Å². The lowest BCUT2D eigenvalue weighted by molar-refractivity contribution is 0.126. The fraction of sp³-hybridized carbons (Fsp3) is 0.846. The lowest BCUT2D eigenvalue weighted by Crippen LogP contribution is -2.37. The SMILES string of the molecule is CCCNc1snnc1CN1CCC(C)(C)CC1. The summed E-state index contributed by atoms with van der Waals surface area (Å²) >= 11 is 1.48. The highest BCUT2D eigenvalue weighted by molar-refractivity contribution is 7.10. The van der Waals surface area contributed by atoms with Gasteiger partial charge in [-0.15, -0.1) is 5.10 Å². The Kier molecular flexibility index (Phi) is 4.56. The summed E-state index contributed by atoms with van der Waals surface area (Å²) in [5.74, 6) is 0. The molecule has 18 heavy (non-hydrogen) atoms. The molecule has 0 bridgehead atoms. The predicted molar refractivity (Wildman–Crippen MR) is 77.0 cm³/mol. The average molecular weight is 268 g/mol. The van der Waals surface area contributed by atoms with Crippen LogP contribution in [-0.4, -0.2) is 34.1 Å². The fourth-order valence-corrected chi connectivity index (χ4v) is 2.81. The van der Waals surface area contributed by atoms with Crippen molar-refractivity contribution in [3.05, 3.63) is 5.69 Å². The van der Waals surface area contributed by atoms with Crippen molar-refractivity contribution in [2.75, 3.05) is 25.0 Å². The molecule has 0 saturated carbocycles. The maximum absolute atomic E-state index is 4.26. The van der Waals surface area contributed by atoms with Crippen LogP contribution in [0.15, 0.2) is 0 Å². The van der Waals surface area contributed by atoms with Crippen LogP contribution < -0.4 is 5.32 Å². The molecular formula is C13H24N4S. The summed E-state index contributed by atoms with van der Waals surface area (Å²) in [6.45, 7) is 11.2.